The van der Waals surface area contributed by atoms with Gasteiger partial charge >= 0.3 is 17.9 Å². The molecule has 0 saturated heterocycles. The number of carboxylic acid groups (broad SMARTS) is 1. The standard InChI is InChI=1S/C40H65NO7/c1-6-8-10-12-14-16-17-18-19-20-21-22-23-25-26-28-30-38(42)47-35-36(34-46-33-32-37(40(44)45)41(3,4)5)48-39(43)31-29-27-24-15-13-11-9-7-2/h8,10,14,16,18-19,21-22,24-27,36-37H,6-7,9,11-13,15,17,20,23,28-35H2,1-5H3/p+1/b10-8+,16-14+,19-18+,22-21+,26-25+,27-24+. The number of aliphatic carboxylic acids is 1. The lowest BCUT2D eigenvalue weighted by atomic mass is 10.1. The molecule has 2 atom stereocenters. The van der Waals surface area contributed by atoms with Gasteiger partial charge in [-0.1, -0.05) is 106 Å². The smallest absolute Gasteiger partial charge is 0.362 e. The Labute approximate surface area is 291 Å². The minimum Gasteiger partial charge on any atom is -0.477 e. The Hall–Kier alpha value is -3.23. The number of nitrogens with zero attached hydrogens (tertiary/aromatic N) is 1. The second-order valence-corrected chi connectivity index (χ2v) is 12.7. The van der Waals surface area contributed by atoms with Crippen molar-refractivity contribution < 1.29 is 38.2 Å². The van der Waals surface area contributed by atoms with E-state index in [-0.39, 0.29) is 49.1 Å². The summed E-state index contributed by atoms with van der Waals surface area (Å²) in [4.78, 5) is 36.5. The van der Waals surface area contributed by atoms with Crippen LogP contribution in [-0.4, -0.2) is 80.6 Å². The van der Waals surface area contributed by atoms with E-state index in [1.54, 1.807) is 0 Å². The molecule has 2 unspecified atom stereocenters. The van der Waals surface area contributed by atoms with Gasteiger partial charge in [-0.3, -0.25) is 9.59 Å². The fourth-order valence-electron chi connectivity index (χ4n) is 4.57. The SMILES string of the molecule is CC/C=C/C/C=C/C/C=C/C/C=C/C/C=C/CCC(=O)OCC(COCCC(C(=O)O)[N+](C)(C)C)OC(=O)CC/C=C/CCCCCC. The summed E-state index contributed by atoms with van der Waals surface area (Å²) in [5, 5.41) is 9.55. The van der Waals surface area contributed by atoms with E-state index >= 15 is 0 Å². The van der Waals surface area contributed by atoms with E-state index in [0.717, 1.165) is 44.9 Å². The zero-order chi connectivity index (χ0) is 35.7. The van der Waals surface area contributed by atoms with Crippen LogP contribution >= 0.6 is 0 Å². The number of carbonyl (C=O) groups excluding carboxylic acids is 2. The van der Waals surface area contributed by atoms with Crippen molar-refractivity contribution >= 4 is 17.9 Å². The third-order valence-corrected chi connectivity index (χ3v) is 7.37. The molecule has 0 rings (SSSR count). The highest BCUT2D eigenvalue weighted by atomic mass is 16.6. The van der Waals surface area contributed by atoms with Crippen molar-refractivity contribution in [2.75, 3.05) is 41.0 Å². The summed E-state index contributed by atoms with van der Waals surface area (Å²) in [5.41, 5.74) is 0. The van der Waals surface area contributed by atoms with Crippen LogP contribution in [0.2, 0.25) is 0 Å². The fraction of sp³-hybridized carbons (Fsp3) is 0.625. The molecule has 0 aromatic heterocycles. The molecule has 0 bridgehead atoms. The van der Waals surface area contributed by atoms with E-state index in [0.29, 0.717) is 19.3 Å². The summed E-state index contributed by atoms with van der Waals surface area (Å²) < 4.78 is 17.0. The van der Waals surface area contributed by atoms with E-state index in [9.17, 15) is 19.5 Å². The van der Waals surface area contributed by atoms with Crippen molar-refractivity contribution in [3.8, 4) is 0 Å². The molecule has 0 amide bonds. The van der Waals surface area contributed by atoms with Gasteiger partial charge in [0.1, 0.15) is 6.61 Å². The van der Waals surface area contributed by atoms with Crippen LogP contribution in [0.3, 0.4) is 0 Å². The highest BCUT2D eigenvalue weighted by Gasteiger charge is 2.31. The first-order chi connectivity index (χ1) is 23.1. The van der Waals surface area contributed by atoms with Crippen LogP contribution < -0.4 is 0 Å². The molecule has 0 saturated carbocycles. The molecule has 0 spiro atoms. The van der Waals surface area contributed by atoms with Gasteiger partial charge in [-0.15, -0.1) is 0 Å². The third kappa shape index (κ3) is 29.0. The van der Waals surface area contributed by atoms with Crippen LogP contribution in [-0.2, 0) is 28.6 Å². The normalized spacial score (nSPS) is 13.9. The van der Waals surface area contributed by atoms with Crippen LogP contribution in [0.4, 0.5) is 0 Å². The first-order valence-electron chi connectivity index (χ1n) is 18.0. The molecule has 48 heavy (non-hydrogen) atoms. The molecule has 0 aliphatic heterocycles. The molecule has 0 aliphatic rings. The van der Waals surface area contributed by atoms with Gasteiger partial charge < -0.3 is 23.8 Å². The van der Waals surface area contributed by atoms with Gasteiger partial charge in [0.05, 0.1) is 34.4 Å². The first-order valence-corrected chi connectivity index (χ1v) is 18.0. The quantitative estimate of drug-likeness (QED) is 0.0352. The summed E-state index contributed by atoms with van der Waals surface area (Å²) in [6.07, 6.45) is 37.0. The van der Waals surface area contributed by atoms with Gasteiger partial charge in [-0.2, -0.15) is 0 Å². The predicted molar refractivity (Wildman–Crippen MR) is 197 cm³/mol. The zero-order valence-electron chi connectivity index (χ0n) is 30.7. The molecule has 272 valence electrons. The topological polar surface area (TPSA) is 99.1 Å². The van der Waals surface area contributed by atoms with Crippen LogP contribution in [0.5, 0.6) is 0 Å². The second-order valence-electron chi connectivity index (χ2n) is 12.7. The molecular weight excluding hydrogens is 606 g/mol. The van der Waals surface area contributed by atoms with Crippen molar-refractivity contribution in [3.05, 3.63) is 72.9 Å². The van der Waals surface area contributed by atoms with Gasteiger partial charge in [0.25, 0.3) is 0 Å². The lowest BCUT2D eigenvalue weighted by molar-refractivity contribution is -0.887. The van der Waals surface area contributed by atoms with Crippen molar-refractivity contribution in [1.82, 2.24) is 0 Å². The van der Waals surface area contributed by atoms with E-state index in [1.807, 2.05) is 39.4 Å². The Morgan fingerprint density at radius 1 is 0.646 bits per heavy atom. The van der Waals surface area contributed by atoms with Crippen LogP contribution in [0, 0.1) is 0 Å². The zero-order valence-corrected chi connectivity index (χ0v) is 30.7. The number of hydrogen-bond acceptors (Lipinski definition) is 6. The number of quaternary nitrogens is 1. The number of carboxylic acids is 1. The molecule has 0 radical (unpaired) electrons. The molecule has 0 aromatic rings. The lowest BCUT2D eigenvalue weighted by Gasteiger charge is -2.31. The number of esters is 2. The maximum atomic E-state index is 12.5. The van der Waals surface area contributed by atoms with Gasteiger partial charge in [0, 0.05) is 19.3 Å². The Morgan fingerprint density at radius 3 is 1.71 bits per heavy atom. The summed E-state index contributed by atoms with van der Waals surface area (Å²) >= 11 is 0. The average molecular weight is 673 g/mol. The summed E-state index contributed by atoms with van der Waals surface area (Å²) in [6, 6.07) is -0.631. The monoisotopic (exact) mass is 672 g/mol. The van der Waals surface area contributed by atoms with Crippen molar-refractivity contribution in [1.29, 1.82) is 0 Å². The Morgan fingerprint density at radius 2 is 1.17 bits per heavy atom. The number of hydrogen-bond donors (Lipinski definition) is 1. The Bertz CT molecular complexity index is 1020. The van der Waals surface area contributed by atoms with Crippen LogP contribution in [0.15, 0.2) is 72.9 Å². The van der Waals surface area contributed by atoms with E-state index in [1.165, 1.54) is 19.3 Å². The van der Waals surface area contributed by atoms with Crippen molar-refractivity contribution in [2.24, 2.45) is 0 Å². The Balaban J connectivity index is 4.58. The van der Waals surface area contributed by atoms with Gasteiger partial charge in [-0.25, -0.2) is 4.79 Å². The van der Waals surface area contributed by atoms with E-state index in [4.69, 9.17) is 14.2 Å². The number of allylic oxidation sites excluding steroid dienone is 12. The molecule has 8 heteroatoms. The van der Waals surface area contributed by atoms with Crippen molar-refractivity contribution in [2.45, 2.75) is 122 Å². The maximum absolute atomic E-state index is 12.5. The van der Waals surface area contributed by atoms with E-state index in [2.05, 4.69) is 68.5 Å². The van der Waals surface area contributed by atoms with E-state index < -0.39 is 18.1 Å². The highest BCUT2D eigenvalue weighted by Crippen LogP contribution is 2.10. The third-order valence-electron chi connectivity index (χ3n) is 7.37. The number of carbonyl (C=O) groups is 3. The number of rotatable bonds is 30. The first kappa shape index (κ1) is 44.8. The molecular formula is C40H66NO7+. The number of ether oxygens (including phenoxy) is 3. The number of likely N-dealkylation sites (N-methyl/N-ethyl adjacent to an activating group) is 1. The van der Waals surface area contributed by atoms with Crippen molar-refractivity contribution in [3.63, 3.8) is 0 Å². The highest BCUT2D eigenvalue weighted by molar-refractivity contribution is 5.72. The number of unbranched alkanes of at least 4 members (excludes halogenated alkanes) is 4. The molecule has 0 heterocycles. The summed E-state index contributed by atoms with van der Waals surface area (Å²) in [5.74, 6) is -1.66. The average Bonchev–Trinajstić information content (AvgIpc) is 3.03. The van der Waals surface area contributed by atoms with Gasteiger partial charge in [-0.05, 0) is 57.8 Å². The lowest BCUT2D eigenvalue weighted by Crippen LogP contribution is -2.50. The summed E-state index contributed by atoms with van der Waals surface area (Å²) in [7, 11) is 5.46. The largest absolute Gasteiger partial charge is 0.477 e. The van der Waals surface area contributed by atoms with Crippen LogP contribution in [0.1, 0.15) is 110 Å². The Kier molecular flexibility index (Phi) is 29.0. The molecule has 1 N–H and O–H groups in total. The van der Waals surface area contributed by atoms with Gasteiger partial charge in [0.15, 0.2) is 12.1 Å². The maximum Gasteiger partial charge on any atom is 0.362 e. The minimum atomic E-state index is -0.895. The van der Waals surface area contributed by atoms with Crippen LogP contribution in [0.25, 0.3) is 0 Å². The molecule has 0 aromatic carbocycles. The fourth-order valence-corrected chi connectivity index (χ4v) is 4.57. The minimum absolute atomic E-state index is 0.0184. The van der Waals surface area contributed by atoms with Gasteiger partial charge in [0.2, 0.25) is 0 Å². The summed E-state index contributed by atoms with van der Waals surface area (Å²) in [6.45, 7) is 4.41. The molecule has 0 aliphatic carbocycles. The molecule has 8 nitrogen and oxygen atoms in total. The molecule has 0 fully saturated rings. The predicted octanol–water partition coefficient (Wildman–Crippen LogP) is 8.85. The second kappa shape index (κ2) is 31.1.